The van der Waals surface area contributed by atoms with Crippen molar-refractivity contribution in [1.29, 1.82) is 0 Å². The predicted molar refractivity (Wildman–Crippen MR) is 79.9 cm³/mol. The van der Waals surface area contributed by atoms with Gasteiger partial charge in [-0.3, -0.25) is 0 Å². The lowest BCUT2D eigenvalue weighted by atomic mass is 10.0. The molecule has 0 radical (unpaired) electrons. The van der Waals surface area contributed by atoms with Crippen molar-refractivity contribution in [2.75, 3.05) is 5.32 Å². The summed E-state index contributed by atoms with van der Waals surface area (Å²) in [5.74, 6) is 0.549. The van der Waals surface area contributed by atoms with E-state index < -0.39 is 0 Å². The minimum absolute atomic E-state index is 0.549. The topological polar surface area (TPSA) is 12.0 Å². The van der Waals surface area contributed by atoms with Crippen LogP contribution >= 0.6 is 27.3 Å². The SMILES string of the molecule is CC(C)c1ccccc1NCc1csc(Br)c1. The Labute approximate surface area is 115 Å². The summed E-state index contributed by atoms with van der Waals surface area (Å²) in [5.41, 5.74) is 3.94. The van der Waals surface area contributed by atoms with E-state index in [0.717, 1.165) is 6.54 Å². The Morgan fingerprint density at radius 2 is 2.06 bits per heavy atom. The number of anilines is 1. The lowest BCUT2D eigenvalue weighted by Gasteiger charge is -2.13. The maximum atomic E-state index is 3.51. The first-order valence-corrected chi connectivity index (χ1v) is 7.40. The second-order valence-corrected chi connectivity index (χ2v) is 6.65. The number of halogens is 1. The molecular formula is C14H16BrNS. The van der Waals surface area contributed by atoms with Crippen LogP contribution in [0, 0.1) is 0 Å². The van der Waals surface area contributed by atoms with Gasteiger partial charge in [-0.1, -0.05) is 32.0 Å². The van der Waals surface area contributed by atoms with Gasteiger partial charge in [0.05, 0.1) is 3.79 Å². The van der Waals surface area contributed by atoms with E-state index in [4.69, 9.17) is 0 Å². The summed E-state index contributed by atoms with van der Waals surface area (Å²) >= 11 is 5.21. The van der Waals surface area contributed by atoms with E-state index in [0.29, 0.717) is 5.92 Å². The Hall–Kier alpha value is -0.800. The van der Waals surface area contributed by atoms with Crippen LogP contribution in [0.5, 0.6) is 0 Å². The first kappa shape index (κ1) is 12.7. The van der Waals surface area contributed by atoms with Gasteiger partial charge in [-0.05, 0) is 50.5 Å². The summed E-state index contributed by atoms with van der Waals surface area (Å²) in [6.07, 6.45) is 0. The van der Waals surface area contributed by atoms with E-state index in [1.54, 1.807) is 11.3 Å². The molecule has 3 heteroatoms. The van der Waals surface area contributed by atoms with Gasteiger partial charge in [0.2, 0.25) is 0 Å². The molecule has 0 amide bonds. The van der Waals surface area contributed by atoms with E-state index in [2.05, 4.69) is 70.8 Å². The van der Waals surface area contributed by atoms with E-state index in [1.807, 2.05) is 0 Å². The maximum Gasteiger partial charge on any atom is 0.0701 e. The largest absolute Gasteiger partial charge is 0.381 e. The first-order chi connectivity index (χ1) is 8.16. The highest BCUT2D eigenvalue weighted by atomic mass is 79.9. The molecule has 1 aromatic carbocycles. The summed E-state index contributed by atoms with van der Waals surface area (Å²) in [5, 5.41) is 5.69. The van der Waals surface area contributed by atoms with Crippen molar-refractivity contribution in [3.05, 3.63) is 50.6 Å². The third-order valence-electron chi connectivity index (χ3n) is 2.69. The molecule has 0 unspecified atom stereocenters. The van der Waals surface area contributed by atoms with Gasteiger partial charge in [-0.2, -0.15) is 0 Å². The van der Waals surface area contributed by atoms with Crippen LogP contribution in [-0.2, 0) is 6.54 Å². The highest BCUT2D eigenvalue weighted by Crippen LogP contribution is 2.25. The smallest absolute Gasteiger partial charge is 0.0701 e. The molecule has 90 valence electrons. The average molecular weight is 310 g/mol. The normalized spacial score (nSPS) is 10.8. The van der Waals surface area contributed by atoms with Crippen molar-refractivity contribution in [2.24, 2.45) is 0 Å². The standard InChI is InChI=1S/C14H16BrNS/c1-10(2)12-5-3-4-6-13(12)16-8-11-7-14(15)17-9-11/h3-7,9-10,16H,8H2,1-2H3. The number of hydrogen-bond acceptors (Lipinski definition) is 2. The van der Waals surface area contributed by atoms with E-state index in [1.165, 1.54) is 20.6 Å². The van der Waals surface area contributed by atoms with Gasteiger partial charge in [-0.25, -0.2) is 0 Å². The quantitative estimate of drug-likeness (QED) is 0.813. The van der Waals surface area contributed by atoms with Gasteiger partial charge >= 0.3 is 0 Å². The van der Waals surface area contributed by atoms with Crippen LogP contribution in [0.2, 0.25) is 0 Å². The molecular weight excluding hydrogens is 294 g/mol. The van der Waals surface area contributed by atoms with Crippen LogP contribution in [0.1, 0.15) is 30.9 Å². The van der Waals surface area contributed by atoms with Crippen LogP contribution in [0.4, 0.5) is 5.69 Å². The zero-order valence-electron chi connectivity index (χ0n) is 10.0. The number of hydrogen-bond donors (Lipinski definition) is 1. The van der Waals surface area contributed by atoms with E-state index in [-0.39, 0.29) is 0 Å². The second-order valence-electron chi connectivity index (χ2n) is 4.35. The van der Waals surface area contributed by atoms with Crippen LogP contribution in [0.25, 0.3) is 0 Å². The van der Waals surface area contributed by atoms with Crippen molar-refractivity contribution < 1.29 is 0 Å². The molecule has 1 aromatic heterocycles. The lowest BCUT2D eigenvalue weighted by Crippen LogP contribution is -2.02. The fraction of sp³-hybridized carbons (Fsp3) is 0.286. The first-order valence-electron chi connectivity index (χ1n) is 5.72. The van der Waals surface area contributed by atoms with E-state index in [9.17, 15) is 0 Å². The van der Waals surface area contributed by atoms with Crippen molar-refractivity contribution in [3.63, 3.8) is 0 Å². The number of para-hydroxylation sites is 1. The fourth-order valence-electron chi connectivity index (χ4n) is 1.80. The fourth-order valence-corrected chi connectivity index (χ4v) is 3.01. The molecule has 0 bridgehead atoms. The highest BCUT2D eigenvalue weighted by Gasteiger charge is 2.05. The van der Waals surface area contributed by atoms with Gasteiger partial charge in [0, 0.05) is 12.2 Å². The number of benzene rings is 1. The third kappa shape index (κ3) is 3.33. The minimum Gasteiger partial charge on any atom is -0.381 e. The van der Waals surface area contributed by atoms with Crippen LogP contribution < -0.4 is 5.32 Å². The predicted octanol–water partition coefficient (Wildman–Crippen LogP) is 5.25. The summed E-state index contributed by atoms with van der Waals surface area (Å²) in [7, 11) is 0. The van der Waals surface area contributed by atoms with Crippen LogP contribution in [0.3, 0.4) is 0 Å². The molecule has 2 rings (SSSR count). The molecule has 0 saturated heterocycles. The monoisotopic (exact) mass is 309 g/mol. The van der Waals surface area contributed by atoms with Gasteiger partial charge in [-0.15, -0.1) is 11.3 Å². The van der Waals surface area contributed by atoms with Crippen LogP contribution in [-0.4, -0.2) is 0 Å². The summed E-state index contributed by atoms with van der Waals surface area (Å²) in [4.78, 5) is 0. The molecule has 17 heavy (non-hydrogen) atoms. The molecule has 0 aliphatic rings. The number of thiophene rings is 1. The Kier molecular flexibility index (Phi) is 4.24. The third-order valence-corrected chi connectivity index (χ3v) is 4.24. The Balaban J connectivity index is 2.08. The summed E-state index contributed by atoms with van der Waals surface area (Å²) in [6.45, 7) is 5.33. The Morgan fingerprint density at radius 1 is 1.29 bits per heavy atom. The summed E-state index contributed by atoms with van der Waals surface area (Å²) in [6, 6.07) is 10.7. The molecule has 0 saturated carbocycles. The number of rotatable bonds is 4. The Morgan fingerprint density at radius 3 is 2.71 bits per heavy atom. The van der Waals surface area contributed by atoms with Crippen molar-refractivity contribution >= 4 is 33.0 Å². The molecule has 2 aromatic rings. The summed E-state index contributed by atoms with van der Waals surface area (Å²) < 4.78 is 1.19. The minimum atomic E-state index is 0.549. The second kappa shape index (κ2) is 5.69. The molecule has 0 aliphatic heterocycles. The molecule has 1 nitrogen and oxygen atoms in total. The van der Waals surface area contributed by atoms with Crippen molar-refractivity contribution in [2.45, 2.75) is 26.3 Å². The molecule has 1 N–H and O–H groups in total. The molecule has 0 aliphatic carbocycles. The zero-order valence-corrected chi connectivity index (χ0v) is 12.4. The van der Waals surface area contributed by atoms with E-state index >= 15 is 0 Å². The van der Waals surface area contributed by atoms with Crippen molar-refractivity contribution in [1.82, 2.24) is 0 Å². The average Bonchev–Trinajstić information content (AvgIpc) is 2.73. The molecule has 0 spiro atoms. The van der Waals surface area contributed by atoms with Crippen molar-refractivity contribution in [3.8, 4) is 0 Å². The maximum absolute atomic E-state index is 3.51. The van der Waals surface area contributed by atoms with Gasteiger partial charge in [0.1, 0.15) is 0 Å². The highest BCUT2D eigenvalue weighted by molar-refractivity contribution is 9.11. The van der Waals surface area contributed by atoms with Crippen LogP contribution in [0.15, 0.2) is 39.5 Å². The molecule has 0 atom stereocenters. The molecule has 1 heterocycles. The van der Waals surface area contributed by atoms with Gasteiger partial charge < -0.3 is 5.32 Å². The number of nitrogens with one attached hydrogen (secondary N) is 1. The van der Waals surface area contributed by atoms with Gasteiger partial charge in [0.25, 0.3) is 0 Å². The Bertz CT molecular complexity index is 490. The zero-order chi connectivity index (χ0) is 12.3. The molecule has 0 fully saturated rings. The lowest BCUT2D eigenvalue weighted by molar-refractivity contribution is 0.865. The van der Waals surface area contributed by atoms with Gasteiger partial charge in [0.15, 0.2) is 0 Å².